The van der Waals surface area contributed by atoms with Crippen LogP contribution in [0.15, 0.2) is 0 Å². The van der Waals surface area contributed by atoms with E-state index in [0.29, 0.717) is 11.7 Å². The van der Waals surface area contributed by atoms with Crippen LogP contribution in [0, 0.1) is 11.8 Å². The zero-order valence-corrected chi connectivity index (χ0v) is 13.9. The first kappa shape index (κ1) is 14.2. The van der Waals surface area contributed by atoms with Crippen LogP contribution in [0.25, 0.3) is 0 Å². The molecule has 0 bridgehead atoms. The third-order valence-electron chi connectivity index (χ3n) is 4.06. The third kappa shape index (κ3) is 3.55. The van der Waals surface area contributed by atoms with Crippen LogP contribution in [0.4, 0.5) is 0 Å². The van der Waals surface area contributed by atoms with E-state index in [1.165, 1.54) is 17.8 Å². The highest BCUT2D eigenvalue weighted by Crippen LogP contribution is 2.40. The van der Waals surface area contributed by atoms with Gasteiger partial charge in [-0.05, 0) is 18.5 Å². The summed E-state index contributed by atoms with van der Waals surface area (Å²) < 4.78 is 0. The van der Waals surface area contributed by atoms with E-state index in [0.717, 1.165) is 6.42 Å². The Labute approximate surface area is 103 Å². The second-order valence-corrected chi connectivity index (χ2v) is 18.2. The number of ketones is 1. The fourth-order valence-corrected chi connectivity index (χ4v) is 18.8. The fourth-order valence-electron chi connectivity index (χ4n) is 3.65. The van der Waals surface area contributed by atoms with Crippen molar-refractivity contribution in [1.82, 2.24) is 0 Å². The first-order valence-electron chi connectivity index (χ1n) is 6.70. The second kappa shape index (κ2) is 4.77. The van der Waals surface area contributed by atoms with Crippen LogP contribution in [0.1, 0.15) is 20.3 Å². The lowest BCUT2D eigenvalue weighted by atomic mass is 9.94. The van der Waals surface area contributed by atoms with E-state index >= 15 is 0 Å². The summed E-state index contributed by atoms with van der Waals surface area (Å²) in [6.45, 7) is 14.2. The number of hydrogen-bond acceptors (Lipinski definition) is 1. The van der Waals surface area contributed by atoms with Crippen LogP contribution in [0.2, 0.25) is 43.9 Å². The largest absolute Gasteiger partial charge is 0.299 e. The Morgan fingerprint density at radius 1 is 1.19 bits per heavy atom. The molecule has 3 heteroatoms. The Bertz CT molecular complexity index is 255. The summed E-state index contributed by atoms with van der Waals surface area (Å²) in [7, 11) is -2.14. The van der Waals surface area contributed by atoms with E-state index in [2.05, 4.69) is 40.0 Å². The molecule has 1 aliphatic heterocycles. The maximum Gasteiger partial charge on any atom is 0.138 e. The predicted molar refractivity (Wildman–Crippen MR) is 77.3 cm³/mol. The van der Waals surface area contributed by atoms with E-state index in [9.17, 15) is 4.79 Å². The average molecular weight is 257 g/mol. The molecule has 1 saturated heterocycles. The minimum Gasteiger partial charge on any atom is -0.299 e. The van der Waals surface area contributed by atoms with Gasteiger partial charge in [0.1, 0.15) is 5.78 Å². The number of hydrogen-bond donors (Lipinski definition) is 0. The SMILES string of the molecule is CCC(C)C(=O)C1C[Si](C)(C)C[Si](C)(C)C1. The zero-order valence-electron chi connectivity index (χ0n) is 11.9. The molecular weight excluding hydrogens is 228 g/mol. The van der Waals surface area contributed by atoms with Crippen LogP contribution in [0.3, 0.4) is 0 Å². The number of rotatable bonds is 3. The van der Waals surface area contributed by atoms with Crippen molar-refractivity contribution in [3.8, 4) is 0 Å². The highest BCUT2D eigenvalue weighted by molar-refractivity contribution is 6.96. The molecule has 0 radical (unpaired) electrons. The highest BCUT2D eigenvalue weighted by atomic mass is 28.4. The lowest BCUT2D eigenvalue weighted by molar-refractivity contribution is -0.125. The molecule has 0 aromatic heterocycles. The number of Topliss-reactive ketones (excluding diaryl/α,β-unsaturated/α-hetero) is 1. The van der Waals surface area contributed by atoms with Crippen molar-refractivity contribution in [2.45, 2.75) is 64.2 Å². The molecule has 0 amide bonds. The molecule has 1 aliphatic rings. The topological polar surface area (TPSA) is 17.1 Å². The van der Waals surface area contributed by atoms with Gasteiger partial charge in [-0.2, -0.15) is 0 Å². The Morgan fingerprint density at radius 2 is 1.62 bits per heavy atom. The monoisotopic (exact) mass is 256 g/mol. The van der Waals surface area contributed by atoms with Gasteiger partial charge >= 0.3 is 0 Å². The van der Waals surface area contributed by atoms with Gasteiger partial charge < -0.3 is 0 Å². The molecule has 0 saturated carbocycles. The quantitative estimate of drug-likeness (QED) is 0.692. The van der Waals surface area contributed by atoms with Gasteiger partial charge in [-0.15, -0.1) is 0 Å². The van der Waals surface area contributed by atoms with E-state index in [1.54, 1.807) is 0 Å². The van der Waals surface area contributed by atoms with Gasteiger partial charge in [-0.1, -0.05) is 45.7 Å². The van der Waals surface area contributed by atoms with E-state index in [4.69, 9.17) is 0 Å². The minimum atomic E-state index is -1.07. The first-order chi connectivity index (χ1) is 7.17. The molecule has 1 fully saturated rings. The summed E-state index contributed by atoms with van der Waals surface area (Å²) in [5.41, 5.74) is 1.52. The van der Waals surface area contributed by atoms with Crippen molar-refractivity contribution in [3.63, 3.8) is 0 Å². The van der Waals surface area contributed by atoms with Crippen LogP contribution in [0.5, 0.6) is 0 Å². The summed E-state index contributed by atoms with van der Waals surface area (Å²) in [6.07, 6.45) is 1.01. The lowest BCUT2D eigenvalue weighted by Gasteiger charge is -2.42. The van der Waals surface area contributed by atoms with Crippen LogP contribution < -0.4 is 0 Å². The van der Waals surface area contributed by atoms with Crippen molar-refractivity contribution in [3.05, 3.63) is 0 Å². The summed E-state index contributed by atoms with van der Waals surface area (Å²) in [5, 5.41) is 0. The maximum atomic E-state index is 12.3. The van der Waals surface area contributed by atoms with Gasteiger partial charge in [0.15, 0.2) is 0 Å². The van der Waals surface area contributed by atoms with Crippen molar-refractivity contribution in [1.29, 1.82) is 0 Å². The Kier molecular flexibility index (Phi) is 4.22. The van der Waals surface area contributed by atoms with Crippen molar-refractivity contribution in [2.24, 2.45) is 11.8 Å². The van der Waals surface area contributed by atoms with Crippen molar-refractivity contribution < 1.29 is 4.79 Å². The van der Waals surface area contributed by atoms with Gasteiger partial charge in [-0.25, -0.2) is 0 Å². The van der Waals surface area contributed by atoms with E-state index < -0.39 is 16.1 Å². The van der Waals surface area contributed by atoms with Gasteiger partial charge in [0.2, 0.25) is 0 Å². The summed E-state index contributed by atoms with van der Waals surface area (Å²) in [6, 6.07) is 2.51. The molecule has 0 N–H and O–H groups in total. The molecule has 0 spiro atoms. The molecule has 1 nitrogen and oxygen atoms in total. The predicted octanol–water partition coefficient (Wildman–Crippen LogP) is 4.19. The van der Waals surface area contributed by atoms with Crippen LogP contribution in [-0.4, -0.2) is 21.9 Å². The smallest absolute Gasteiger partial charge is 0.138 e. The Morgan fingerprint density at radius 3 is 2.00 bits per heavy atom. The molecule has 1 heterocycles. The molecule has 1 unspecified atom stereocenters. The van der Waals surface area contributed by atoms with Crippen molar-refractivity contribution in [2.75, 3.05) is 0 Å². The summed E-state index contributed by atoms with van der Waals surface area (Å²) >= 11 is 0. The van der Waals surface area contributed by atoms with E-state index in [-0.39, 0.29) is 5.92 Å². The second-order valence-electron chi connectivity index (χ2n) is 7.32. The van der Waals surface area contributed by atoms with Gasteiger partial charge in [-0.3, -0.25) is 4.79 Å². The highest BCUT2D eigenvalue weighted by Gasteiger charge is 2.43. The van der Waals surface area contributed by atoms with Gasteiger partial charge in [0, 0.05) is 28.0 Å². The molecular formula is C13H28OSi2. The Hall–Kier alpha value is 0.104. The summed E-state index contributed by atoms with van der Waals surface area (Å²) in [4.78, 5) is 12.3. The van der Waals surface area contributed by atoms with Crippen LogP contribution >= 0.6 is 0 Å². The zero-order chi connectivity index (χ0) is 12.6. The number of carbonyl (C=O) groups is 1. The van der Waals surface area contributed by atoms with E-state index in [1.807, 2.05) is 0 Å². The normalized spacial score (nSPS) is 26.4. The molecule has 0 aromatic rings. The van der Waals surface area contributed by atoms with Crippen molar-refractivity contribution >= 4 is 21.9 Å². The maximum absolute atomic E-state index is 12.3. The third-order valence-corrected chi connectivity index (χ3v) is 14.9. The standard InChI is InChI=1S/C13H28OSi2/c1-7-11(2)13(14)12-8-15(3,4)10-16(5,6)9-12/h11-12H,7-10H2,1-6H3. The van der Waals surface area contributed by atoms with Crippen LogP contribution in [-0.2, 0) is 4.79 Å². The van der Waals surface area contributed by atoms with Gasteiger partial charge in [0.25, 0.3) is 0 Å². The molecule has 0 aromatic carbocycles. The summed E-state index contributed by atoms with van der Waals surface area (Å²) in [5.74, 6) is 1.29. The average Bonchev–Trinajstić information content (AvgIpc) is 2.10. The van der Waals surface area contributed by atoms with Gasteiger partial charge in [0.05, 0.1) is 0 Å². The molecule has 16 heavy (non-hydrogen) atoms. The lowest BCUT2D eigenvalue weighted by Crippen LogP contribution is -2.49. The Balaban J connectivity index is 2.78. The first-order valence-corrected chi connectivity index (χ1v) is 13.5. The molecule has 1 rings (SSSR count). The fraction of sp³-hybridized carbons (Fsp3) is 0.923. The minimum absolute atomic E-state index is 0.290. The number of carbonyl (C=O) groups excluding carboxylic acids is 1. The molecule has 94 valence electrons. The molecule has 0 aliphatic carbocycles. The molecule has 1 atom stereocenters.